The lowest BCUT2D eigenvalue weighted by atomic mass is 9.94. The highest BCUT2D eigenvalue weighted by Gasteiger charge is 2.36. The Bertz CT molecular complexity index is 3040. The van der Waals surface area contributed by atoms with E-state index in [1.165, 1.54) is 24.3 Å². The third-order valence-electron chi connectivity index (χ3n) is 11.4. The standard InChI is InChI=1S/C60H40F4S3/c61-45-21-29-49(30-22-45)66(55-39-37-53(63)57(41-13-5-1-6-14-41)59(55)43-17-9-3-10-18-43)51-33-25-47(26-34-51)65-48-27-35-52(36-28-48)67(50-31-23-46(62)24-32-50)56-40-38-54(64)58(42-15-7-2-8-16-42)60(56)44-19-11-4-12-20-44/h1-40H/q+2. The summed E-state index contributed by atoms with van der Waals surface area (Å²) >= 11 is 1.63. The van der Waals surface area contributed by atoms with Gasteiger partial charge in [0.25, 0.3) is 0 Å². The molecule has 0 amide bonds. The zero-order valence-electron chi connectivity index (χ0n) is 35.8. The molecule has 324 valence electrons. The van der Waals surface area contributed by atoms with Crippen LogP contribution < -0.4 is 0 Å². The molecule has 0 nitrogen and oxygen atoms in total. The van der Waals surface area contributed by atoms with Crippen molar-refractivity contribution in [3.05, 3.63) is 266 Å². The maximum Gasteiger partial charge on any atom is 0.175 e. The van der Waals surface area contributed by atoms with E-state index in [0.29, 0.717) is 11.1 Å². The van der Waals surface area contributed by atoms with Gasteiger partial charge in [0.2, 0.25) is 0 Å². The molecule has 10 aromatic carbocycles. The van der Waals surface area contributed by atoms with Gasteiger partial charge in [-0.25, -0.2) is 17.6 Å². The second-order valence-electron chi connectivity index (χ2n) is 15.6. The van der Waals surface area contributed by atoms with E-state index in [4.69, 9.17) is 0 Å². The Morgan fingerprint density at radius 2 is 0.522 bits per heavy atom. The van der Waals surface area contributed by atoms with Crippen LogP contribution in [-0.4, -0.2) is 0 Å². The molecular weight excluding hydrogens is 893 g/mol. The van der Waals surface area contributed by atoms with Crippen LogP contribution in [0.4, 0.5) is 17.6 Å². The number of hydrogen-bond donors (Lipinski definition) is 0. The Balaban J connectivity index is 1.02. The van der Waals surface area contributed by atoms with E-state index < -0.39 is 21.8 Å². The molecule has 7 heteroatoms. The minimum Gasteiger partial charge on any atom is -0.207 e. The summed E-state index contributed by atoms with van der Waals surface area (Å²) in [4.78, 5) is 7.70. The van der Waals surface area contributed by atoms with Gasteiger partial charge in [-0.05, 0) is 144 Å². The summed E-state index contributed by atoms with van der Waals surface area (Å²) < 4.78 is 61.2. The molecule has 67 heavy (non-hydrogen) atoms. The van der Waals surface area contributed by atoms with Crippen LogP contribution in [0.1, 0.15) is 0 Å². The van der Waals surface area contributed by atoms with Gasteiger partial charge in [0, 0.05) is 32.0 Å². The van der Waals surface area contributed by atoms with Crippen molar-refractivity contribution in [1.29, 1.82) is 0 Å². The summed E-state index contributed by atoms with van der Waals surface area (Å²) in [7, 11) is -1.50. The maximum absolute atomic E-state index is 16.1. The second-order valence-corrected chi connectivity index (χ2v) is 20.8. The SMILES string of the molecule is Fc1ccc([S+](c2ccc(Sc3ccc([S+](c4ccc(F)cc4)c4ccc(F)c(-c5ccccc5)c4-c4ccccc4)cc3)cc2)c2ccc(F)c(-c3ccccc3)c2-c2ccccc2)cc1. The third kappa shape index (κ3) is 9.36. The predicted octanol–water partition coefficient (Wildman–Crippen LogP) is 17.3. The Kier molecular flexibility index (Phi) is 13.0. The normalized spacial score (nSPS) is 12.1. The van der Waals surface area contributed by atoms with Crippen molar-refractivity contribution in [2.24, 2.45) is 0 Å². The van der Waals surface area contributed by atoms with Gasteiger partial charge < -0.3 is 0 Å². The fraction of sp³-hybridized carbons (Fsp3) is 0. The molecule has 0 aromatic heterocycles. The zero-order chi connectivity index (χ0) is 45.7. The van der Waals surface area contributed by atoms with Crippen LogP contribution in [0.2, 0.25) is 0 Å². The number of hydrogen-bond acceptors (Lipinski definition) is 1. The highest BCUT2D eigenvalue weighted by atomic mass is 32.2. The Hall–Kier alpha value is -7.03. The molecule has 0 saturated carbocycles. The van der Waals surface area contributed by atoms with E-state index >= 15 is 8.78 Å². The number of benzene rings is 10. The van der Waals surface area contributed by atoms with Gasteiger partial charge in [0.05, 0.1) is 21.8 Å². The lowest BCUT2D eigenvalue weighted by Crippen LogP contribution is -2.08. The molecule has 0 saturated heterocycles. The van der Waals surface area contributed by atoms with Crippen molar-refractivity contribution < 1.29 is 17.6 Å². The average Bonchev–Trinajstić information content (AvgIpc) is 3.38. The highest BCUT2D eigenvalue weighted by molar-refractivity contribution is 7.99. The molecule has 0 fully saturated rings. The van der Waals surface area contributed by atoms with Crippen LogP contribution in [0, 0.1) is 23.3 Å². The maximum atomic E-state index is 16.1. The van der Waals surface area contributed by atoms with Crippen molar-refractivity contribution in [2.75, 3.05) is 0 Å². The van der Waals surface area contributed by atoms with Crippen LogP contribution in [0.3, 0.4) is 0 Å². The zero-order valence-corrected chi connectivity index (χ0v) is 38.3. The smallest absolute Gasteiger partial charge is 0.175 e. The lowest BCUT2D eigenvalue weighted by Gasteiger charge is -2.17. The van der Waals surface area contributed by atoms with Gasteiger partial charge in [0.15, 0.2) is 29.4 Å². The van der Waals surface area contributed by atoms with E-state index in [0.717, 1.165) is 72.5 Å². The molecule has 10 rings (SSSR count). The Labute approximate surface area is 398 Å². The van der Waals surface area contributed by atoms with Gasteiger partial charge in [-0.2, -0.15) is 0 Å². The Morgan fingerprint density at radius 3 is 0.821 bits per heavy atom. The first-order valence-electron chi connectivity index (χ1n) is 21.6. The average molecular weight is 933 g/mol. The fourth-order valence-electron chi connectivity index (χ4n) is 8.36. The van der Waals surface area contributed by atoms with Crippen molar-refractivity contribution >= 4 is 33.6 Å². The predicted molar refractivity (Wildman–Crippen MR) is 269 cm³/mol. The summed E-state index contributed by atoms with van der Waals surface area (Å²) in [6.45, 7) is 0. The minimum absolute atomic E-state index is 0.315. The monoisotopic (exact) mass is 932 g/mol. The summed E-state index contributed by atoms with van der Waals surface area (Å²) in [6, 6.07) is 75.9. The molecule has 0 aliphatic rings. The fourth-order valence-corrected chi connectivity index (χ4v) is 13.6. The van der Waals surface area contributed by atoms with Crippen LogP contribution >= 0.6 is 11.8 Å². The molecule has 0 aliphatic heterocycles. The summed E-state index contributed by atoms with van der Waals surface area (Å²) in [5.41, 5.74) is 5.97. The van der Waals surface area contributed by atoms with Gasteiger partial charge in [-0.1, -0.05) is 133 Å². The van der Waals surface area contributed by atoms with E-state index in [9.17, 15) is 8.78 Å². The van der Waals surface area contributed by atoms with Crippen molar-refractivity contribution in [3.8, 4) is 44.5 Å². The van der Waals surface area contributed by atoms with E-state index in [1.54, 1.807) is 23.9 Å². The largest absolute Gasteiger partial charge is 0.207 e. The number of rotatable bonds is 12. The molecule has 0 N–H and O–H groups in total. The molecule has 2 atom stereocenters. The highest BCUT2D eigenvalue weighted by Crippen LogP contribution is 2.46. The molecule has 0 bridgehead atoms. The van der Waals surface area contributed by atoms with E-state index in [2.05, 4.69) is 48.5 Å². The summed E-state index contributed by atoms with van der Waals surface area (Å²) in [5, 5.41) is 0. The van der Waals surface area contributed by atoms with Crippen molar-refractivity contribution in [1.82, 2.24) is 0 Å². The molecule has 10 aromatic rings. The second kappa shape index (κ2) is 19.8. The third-order valence-corrected chi connectivity index (χ3v) is 16.9. The number of halogens is 4. The summed E-state index contributed by atoms with van der Waals surface area (Å²) in [5.74, 6) is -1.28. The minimum atomic E-state index is -0.749. The molecule has 2 unspecified atom stereocenters. The van der Waals surface area contributed by atoms with E-state index in [-0.39, 0.29) is 23.3 Å². The molecule has 0 heterocycles. The lowest BCUT2D eigenvalue weighted by molar-refractivity contribution is 0.626. The first kappa shape index (κ1) is 43.8. The quantitative estimate of drug-likeness (QED) is 0.0869. The van der Waals surface area contributed by atoms with Crippen molar-refractivity contribution in [2.45, 2.75) is 39.2 Å². The van der Waals surface area contributed by atoms with Crippen LogP contribution in [-0.2, 0) is 21.8 Å². The first-order chi connectivity index (χ1) is 32.9. The first-order valence-corrected chi connectivity index (χ1v) is 24.9. The molecule has 0 spiro atoms. The van der Waals surface area contributed by atoms with Crippen LogP contribution in [0.15, 0.2) is 282 Å². The Morgan fingerprint density at radius 1 is 0.254 bits per heavy atom. The van der Waals surface area contributed by atoms with Gasteiger partial charge >= 0.3 is 0 Å². The van der Waals surface area contributed by atoms with Crippen molar-refractivity contribution in [3.63, 3.8) is 0 Å². The van der Waals surface area contributed by atoms with Crippen LogP contribution in [0.25, 0.3) is 44.5 Å². The van der Waals surface area contributed by atoms with Crippen LogP contribution in [0.5, 0.6) is 0 Å². The molecule has 0 radical (unpaired) electrons. The summed E-state index contributed by atoms with van der Waals surface area (Å²) in [6.07, 6.45) is 0. The van der Waals surface area contributed by atoms with Gasteiger partial charge in [-0.15, -0.1) is 0 Å². The van der Waals surface area contributed by atoms with Gasteiger partial charge in [0.1, 0.15) is 23.3 Å². The molecular formula is C60H40F4S3+2. The topological polar surface area (TPSA) is 0 Å². The van der Waals surface area contributed by atoms with E-state index in [1.807, 2.05) is 158 Å². The van der Waals surface area contributed by atoms with Gasteiger partial charge in [-0.3, -0.25) is 0 Å². The molecule has 0 aliphatic carbocycles.